The van der Waals surface area contributed by atoms with Gasteiger partial charge in [-0.25, -0.2) is 4.98 Å². The van der Waals surface area contributed by atoms with Crippen molar-refractivity contribution in [2.24, 2.45) is 11.7 Å². The molecule has 3 rings (SSSR count). The van der Waals surface area contributed by atoms with Crippen molar-refractivity contribution in [1.82, 2.24) is 14.9 Å². The molecule has 0 aliphatic carbocycles. The van der Waals surface area contributed by atoms with Gasteiger partial charge in [0.15, 0.2) is 0 Å². The molecule has 1 aliphatic rings. The molecule has 1 fully saturated rings. The molecule has 2 aromatic heterocycles. The van der Waals surface area contributed by atoms with Gasteiger partial charge in [0.05, 0.1) is 16.4 Å². The lowest BCUT2D eigenvalue weighted by atomic mass is 10.1. The first-order valence-electron chi connectivity index (χ1n) is 8.92. The van der Waals surface area contributed by atoms with Gasteiger partial charge in [-0.15, -0.1) is 23.1 Å². The van der Waals surface area contributed by atoms with Gasteiger partial charge in [-0.05, 0) is 52.1 Å². The van der Waals surface area contributed by atoms with Gasteiger partial charge in [0.25, 0.3) is 5.56 Å². The fourth-order valence-corrected chi connectivity index (χ4v) is 5.37. The Morgan fingerprint density at radius 1 is 1.50 bits per heavy atom. The van der Waals surface area contributed by atoms with Crippen LogP contribution in [0.2, 0.25) is 0 Å². The van der Waals surface area contributed by atoms with Gasteiger partial charge in [0, 0.05) is 17.5 Å². The van der Waals surface area contributed by atoms with Crippen molar-refractivity contribution in [1.29, 1.82) is 0 Å². The van der Waals surface area contributed by atoms with E-state index in [-0.39, 0.29) is 22.8 Å². The Labute approximate surface area is 161 Å². The van der Waals surface area contributed by atoms with E-state index in [0.29, 0.717) is 29.4 Å². The fraction of sp³-hybridized carbons (Fsp3) is 0.611. The van der Waals surface area contributed by atoms with Crippen molar-refractivity contribution in [3.8, 4) is 0 Å². The predicted molar refractivity (Wildman–Crippen MR) is 109 cm³/mol. The Morgan fingerprint density at radius 3 is 2.88 bits per heavy atom. The normalized spacial score (nSPS) is 21.5. The van der Waals surface area contributed by atoms with E-state index in [1.165, 1.54) is 11.8 Å². The molecule has 8 heteroatoms. The van der Waals surface area contributed by atoms with Gasteiger partial charge in [-0.2, -0.15) is 0 Å². The Balaban J connectivity index is 1.68. The number of carbonyl (C=O) groups excluding carboxylic acids is 1. The number of nitrogens with one attached hydrogen (secondary N) is 1. The topological polar surface area (TPSA) is 92.1 Å². The third-order valence-corrected chi connectivity index (χ3v) is 7.43. The maximum absolute atomic E-state index is 12.7. The molecular weight excluding hydrogens is 368 g/mol. The van der Waals surface area contributed by atoms with E-state index >= 15 is 0 Å². The molecule has 0 spiro atoms. The molecule has 6 nitrogen and oxygen atoms in total. The molecule has 0 radical (unpaired) electrons. The van der Waals surface area contributed by atoms with Crippen molar-refractivity contribution in [3.63, 3.8) is 0 Å². The van der Waals surface area contributed by atoms with Crippen molar-refractivity contribution >= 4 is 39.2 Å². The molecule has 142 valence electrons. The molecule has 0 bridgehead atoms. The molecule has 3 unspecified atom stereocenters. The Morgan fingerprint density at radius 2 is 2.23 bits per heavy atom. The number of likely N-dealkylation sites (tertiary alicyclic amines) is 1. The Kier molecular flexibility index (Phi) is 5.74. The van der Waals surface area contributed by atoms with Crippen LogP contribution in [0.4, 0.5) is 0 Å². The number of hydrogen-bond acceptors (Lipinski definition) is 6. The molecule has 0 aromatic carbocycles. The molecule has 3 N–H and O–H groups in total. The summed E-state index contributed by atoms with van der Waals surface area (Å²) in [5.41, 5.74) is 6.66. The Bertz CT molecular complexity index is 876. The standard InChI is InChI=1S/C18H26N4O2S2/c1-9-5-13(6-19)7-22(9)18(24)12(4)25-8-14-20-16(23)15-10(2)11(3)26-17(15)21-14/h9,12-13H,5-8,19H2,1-4H3,(H,20,21,23). The third kappa shape index (κ3) is 3.68. The molecule has 3 heterocycles. The summed E-state index contributed by atoms with van der Waals surface area (Å²) in [6, 6.07) is 0.241. The zero-order valence-electron chi connectivity index (χ0n) is 15.7. The lowest BCUT2D eigenvalue weighted by Crippen LogP contribution is -2.39. The van der Waals surface area contributed by atoms with Gasteiger partial charge in [-0.1, -0.05) is 0 Å². The molecule has 26 heavy (non-hydrogen) atoms. The summed E-state index contributed by atoms with van der Waals surface area (Å²) in [5.74, 6) is 1.68. The van der Waals surface area contributed by atoms with Crippen molar-refractivity contribution in [3.05, 3.63) is 26.6 Å². The van der Waals surface area contributed by atoms with E-state index in [2.05, 4.69) is 16.9 Å². The number of thioether (sulfide) groups is 1. The van der Waals surface area contributed by atoms with Crippen LogP contribution in [-0.4, -0.2) is 45.2 Å². The highest BCUT2D eigenvalue weighted by atomic mass is 32.2. The van der Waals surface area contributed by atoms with Gasteiger partial charge in [0.2, 0.25) is 5.91 Å². The number of rotatable bonds is 5. The van der Waals surface area contributed by atoms with Crippen LogP contribution >= 0.6 is 23.1 Å². The second-order valence-corrected chi connectivity index (χ2v) is 9.64. The lowest BCUT2D eigenvalue weighted by Gasteiger charge is -2.24. The minimum Gasteiger partial charge on any atom is -0.339 e. The van der Waals surface area contributed by atoms with E-state index in [0.717, 1.165) is 28.2 Å². The number of H-pyrrole nitrogens is 1. The number of aromatic amines is 1. The molecular formula is C18H26N4O2S2. The van der Waals surface area contributed by atoms with Crippen LogP contribution in [-0.2, 0) is 10.5 Å². The minimum absolute atomic E-state index is 0.0922. The number of nitrogens with two attached hydrogens (primary N) is 1. The molecule has 1 saturated heterocycles. The first-order valence-corrected chi connectivity index (χ1v) is 10.8. The van der Waals surface area contributed by atoms with Crippen LogP contribution in [0.1, 0.15) is 36.5 Å². The highest BCUT2D eigenvalue weighted by Gasteiger charge is 2.33. The highest BCUT2D eigenvalue weighted by Crippen LogP contribution is 2.28. The Hall–Kier alpha value is -1.38. The second kappa shape index (κ2) is 7.70. The zero-order chi connectivity index (χ0) is 19.0. The van der Waals surface area contributed by atoms with Crippen LogP contribution in [0.25, 0.3) is 10.2 Å². The molecule has 0 saturated carbocycles. The third-order valence-electron chi connectivity index (χ3n) is 5.18. The average molecular weight is 395 g/mol. The maximum atomic E-state index is 12.7. The van der Waals surface area contributed by atoms with Crippen LogP contribution in [0.15, 0.2) is 4.79 Å². The summed E-state index contributed by atoms with van der Waals surface area (Å²) in [6.45, 7) is 9.33. The first kappa shape index (κ1) is 19.4. The van der Waals surface area contributed by atoms with E-state index in [9.17, 15) is 9.59 Å². The number of aryl methyl sites for hydroxylation is 2. The fourth-order valence-electron chi connectivity index (χ4n) is 3.50. The van der Waals surface area contributed by atoms with E-state index in [1.54, 1.807) is 11.3 Å². The van der Waals surface area contributed by atoms with Crippen molar-refractivity contribution in [2.45, 2.75) is 51.2 Å². The summed E-state index contributed by atoms with van der Waals surface area (Å²) in [5, 5.41) is 0.505. The molecule has 2 aromatic rings. The van der Waals surface area contributed by atoms with Gasteiger partial charge < -0.3 is 15.6 Å². The summed E-state index contributed by atoms with van der Waals surface area (Å²) < 4.78 is 0. The number of carbonyl (C=O) groups is 1. The summed E-state index contributed by atoms with van der Waals surface area (Å²) in [7, 11) is 0. The summed E-state index contributed by atoms with van der Waals surface area (Å²) in [4.78, 5) is 36.4. The van der Waals surface area contributed by atoms with Crippen LogP contribution in [0.5, 0.6) is 0 Å². The molecule has 1 amide bonds. The highest BCUT2D eigenvalue weighted by molar-refractivity contribution is 7.99. The number of nitrogens with zero attached hydrogens (tertiary/aromatic N) is 2. The lowest BCUT2D eigenvalue weighted by molar-refractivity contribution is -0.130. The minimum atomic E-state index is -0.179. The average Bonchev–Trinajstić information content (AvgIpc) is 3.12. The summed E-state index contributed by atoms with van der Waals surface area (Å²) in [6.07, 6.45) is 0.974. The smallest absolute Gasteiger partial charge is 0.259 e. The quantitative estimate of drug-likeness (QED) is 0.812. The first-order chi connectivity index (χ1) is 12.3. The van der Waals surface area contributed by atoms with Crippen LogP contribution in [0, 0.1) is 19.8 Å². The summed E-state index contributed by atoms with van der Waals surface area (Å²) >= 11 is 3.06. The van der Waals surface area contributed by atoms with Crippen LogP contribution < -0.4 is 11.3 Å². The maximum Gasteiger partial charge on any atom is 0.259 e. The van der Waals surface area contributed by atoms with Gasteiger partial charge >= 0.3 is 0 Å². The van der Waals surface area contributed by atoms with Crippen LogP contribution in [0.3, 0.4) is 0 Å². The van der Waals surface area contributed by atoms with E-state index in [1.807, 2.05) is 25.7 Å². The van der Waals surface area contributed by atoms with Gasteiger partial charge in [-0.3, -0.25) is 9.59 Å². The molecule has 1 aliphatic heterocycles. The largest absolute Gasteiger partial charge is 0.339 e. The van der Waals surface area contributed by atoms with Crippen molar-refractivity contribution < 1.29 is 4.79 Å². The number of aromatic nitrogens is 2. The van der Waals surface area contributed by atoms with Gasteiger partial charge in [0.1, 0.15) is 10.7 Å². The number of hydrogen-bond donors (Lipinski definition) is 2. The zero-order valence-corrected chi connectivity index (χ0v) is 17.3. The van der Waals surface area contributed by atoms with E-state index < -0.39 is 0 Å². The number of thiophene rings is 1. The van der Waals surface area contributed by atoms with Crippen molar-refractivity contribution in [2.75, 3.05) is 13.1 Å². The van der Waals surface area contributed by atoms with E-state index in [4.69, 9.17) is 5.73 Å². The predicted octanol–water partition coefficient (Wildman–Crippen LogP) is 2.42. The number of amides is 1. The second-order valence-electron chi connectivity index (χ2n) is 7.11. The monoisotopic (exact) mass is 394 g/mol. The molecule has 3 atom stereocenters. The SMILES string of the molecule is Cc1sc2nc(CSC(C)C(=O)N3CC(CN)CC3C)[nH]c(=O)c2c1C. The number of fused-ring (bicyclic) bond motifs is 1.